The molecular weight excluding hydrogens is 328 g/mol. The lowest BCUT2D eigenvalue weighted by Gasteiger charge is -2.32. The molecule has 116 valence electrons. The van der Waals surface area contributed by atoms with Crippen LogP contribution in [0.25, 0.3) is 0 Å². The summed E-state index contributed by atoms with van der Waals surface area (Å²) in [5.74, 6) is 1.06. The van der Waals surface area contributed by atoms with Gasteiger partial charge in [0.1, 0.15) is 11.9 Å². The molecule has 0 spiro atoms. The molecule has 1 fully saturated rings. The zero-order valence-electron chi connectivity index (χ0n) is 12.8. The van der Waals surface area contributed by atoms with E-state index in [1.807, 2.05) is 0 Å². The van der Waals surface area contributed by atoms with Gasteiger partial charge in [-0.15, -0.1) is 0 Å². The number of benzene rings is 1. The van der Waals surface area contributed by atoms with Crippen molar-refractivity contribution < 1.29 is 4.74 Å². The van der Waals surface area contributed by atoms with Gasteiger partial charge in [0, 0.05) is 23.5 Å². The average Bonchev–Trinajstić information content (AvgIpc) is 2.89. The van der Waals surface area contributed by atoms with Crippen molar-refractivity contribution in [3.8, 4) is 5.75 Å². The van der Waals surface area contributed by atoms with Crippen LogP contribution in [0.2, 0.25) is 0 Å². The second kappa shape index (κ2) is 7.12. The Morgan fingerprint density at radius 2 is 2.14 bits per heavy atom. The Kier molecular flexibility index (Phi) is 5.19. The molecule has 3 nitrogen and oxygen atoms in total. The maximum Gasteiger partial charge on any atom is 0.123 e. The van der Waals surface area contributed by atoms with Crippen molar-refractivity contribution in [2.45, 2.75) is 44.8 Å². The summed E-state index contributed by atoms with van der Waals surface area (Å²) in [7, 11) is 0. The molecule has 0 amide bonds. The Hall–Kier alpha value is -0.580. The van der Waals surface area contributed by atoms with E-state index >= 15 is 0 Å². The Labute approximate surface area is 136 Å². The first-order valence-electron chi connectivity index (χ1n) is 8.15. The zero-order valence-corrected chi connectivity index (χ0v) is 14.4. The van der Waals surface area contributed by atoms with Crippen molar-refractivity contribution in [1.82, 2.24) is 10.2 Å². The largest absolute Gasteiger partial charge is 0.488 e. The summed E-state index contributed by atoms with van der Waals surface area (Å²) in [6, 6.07) is 6.97. The smallest absolute Gasteiger partial charge is 0.123 e. The molecule has 4 heteroatoms. The normalized spacial score (nSPS) is 23.0. The van der Waals surface area contributed by atoms with Gasteiger partial charge in [-0.1, -0.05) is 22.9 Å². The highest BCUT2D eigenvalue weighted by atomic mass is 79.9. The van der Waals surface area contributed by atoms with E-state index in [0.29, 0.717) is 12.1 Å². The van der Waals surface area contributed by atoms with Crippen LogP contribution in [-0.2, 0) is 6.42 Å². The third-order valence-electron chi connectivity index (χ3n) is 4.53. The van der Waals surface area contributed by atoms with E-state index in [4.69, 9.17) is 4.74 Å². The second-order valence-electron chi connectivity index (χ2n) is 6.22. The zero-order chi connectivity index (χ0) is 14.7. The second-order valence-corrected chi connectivity index (χ2v) is 7.14. The molecule has 1 unspecified atom stereocenters. The van der Waals surface area contributed by atoms with Crippen molar-refractivity contribution in [2.24, 2.45) is 0 Å². The van der Waals surface area contributed by atoms with E-state index < -0.39 is 0 Å². The quantitative estimate of drug-likeness (QED) is 0.880. The lowest BCUT2D eigenvalue weighted by Crippen LogP contribution is -2.45. The molecular formula is C17H25BrN2O. The van der Waals surface area contributed by atoms with Gasteiger partial charge in [0.2, 0.25) is 0 Å². The fourth-order valence-corrected chi connectivity index (χ4v) is 3.79. The van der Waals surface area contributed by atoms with Crippen LogP contribution in [0.4, 0.5) is 0 Å². The summed E-state index contributed by atoms with van der Waals surface area (Å²) in [6.07, 6.45) is 5.12. The summed E-state index contributed by atoms with van der Waals surface area (Å²) >= 11 is 3.53. The maximum absolute atomic E-state index is 6.02. The van der Waals surface area contributed by atoms with Crippen LogP contribution in [0, 0.1) is 0 Å². The highest BCUT2D eigenvalue weighted by molar-refractivity contribution is 9.10. The summed E-state index contributed by atoms with van der Waals surface area (Å²) in [5, 5.41) is 3.71. The molecule has 0 aliphatic carbocycles. The molecule has 2 aliphatic heterocycles. The monoisotopic (exact) mass is 352 g/mol. The number of ether oxygens (including phenoxy) is 1. The van der Waals surface area contributed by atoms with E-state index in [2.05, 4.69) is 51.3 Å². The average molecular weight is 353 g/mol. The van der Waals surface area contributed by atoms with Gasteiger partial charge in [-0.3, -0.25) is 0 Å². The van der Waals surface area contributed by atoms with Gasteiger partial charge in [-0.05, 0) is 62.7 Å². The number of fused-ring (bicyclic) bond motifs is 1. The van der Waals surface area contributed by atoms with Gasteiger partial charge in [-0.2, -0.15) is 0 Å². The third kappa shape index (κ3) is 3.99. The standard InChI is InChI=1S/C17H25BrN2O/c1-2-7-20-8-5-15(6-9-20)19-12-16-11-13-10-14(18)3-4-17(13)21-16/h3-4,10,15-16,19H,2,5-9,11-12H2,1H3. The summed E-state index contributed by atoms with van der Waals surface area (Å²) in [6.45, 7) is 6.96. The molecule has 1 N–H and O–H groups in total. The van der Waals surface area contributed by atoms with Crippen LogP contribution in [0.5, 0.6) is 5.75 Å². The van der Waals surface area contributed by atoms with Crippen LogP contribution in [0.15, 0.2) is 22.7 Å². The van der Waals surface area contributed by atoms with Gasteiger partial charge in [0.15, 0.2) is 0 Å². The lowest BCUT2D eigenvalue weighted by atomic mass is 10.0. The van der Waals surface area contributed by atoms with Crippen molar-refractivity contribution in [1.29, 1.82) is 0 Å². The van der Waals surface area contributed by atoms with E-state index in [1.54, 1.807) is 0 Å². The highest BCUT2D eigenvalue weighted by Gasteiger charge is 2.25. The van der Waals surface area contributed by atoms with Crippen molar-refractivity contribution >= 4 is 15.9 Å². The van der Waals surface area contributed by atoms with Gasteiger partial charge in [0.05, 0.1) is 0 Å². The molecule has 1 aromatic carbocycles. The molecule has 3 rings (SSSR count). The third-order valence-corrected chi connectivity index (χ3v) is 5.02. The predicted octanol–water partition coefficient (Wildman–Crippen LogP) is 3.22. The maximum atomic E-state index is 6.02. The molecule has 1 atom stereocenters. The number of halogens is 1. The number of nitrogens with one attached hydrogen (secondary N) is 1. The lowest BCUT2D eigenvalue weighted by molar-refractivity contribution is 0.177. The summed E-state index contributed by atoms with van der Waals surface area (Å²) < 4.78 is 7.16. The number of likely N-dealkylation sites (tertiary alicyclic amines) is 1. The number of hydrogen-bond acceptors (Lipinski definition) is 3. The minimum atomic E-state index is 0.294. The van der Waals surface area contributed by atoms with Crippen LogP contribution in [0.1, 0.15) is 31.7 Å². The Bertz CT molecular complexity index is 472. The topological polar surface area (TPSA) is 24.5 Å². The molecule has 0 bridgehead atoms. The van der Waals surface area contributed by atoms with Crippen molar-refractivity contribution in [3.05, 3.63) is 28.2 Å². The van der Waals surface area contributed by atoms with Gasteiger partial charge >= 0.3 is 0 Å². The molecule has 2 aliphatic rings. The van der Waals surface area contributed by atoms with E-state index in [0.717, 1.165) is 23.2 Å². The fourth-order valence-electron chi connectivity index (χ4n) is 3.38. The first kappa shape index (κ1) is 15.3. The molecule has 0 radical (unpaired) electrons. The molecule has 0 saturated carbocycles. The van der Waals surface area contributed by atoms with E-state index in [1.165, 1.54) is 44.5 Å². The van der Waals surface area contributed by atoms with Crippen LogP contribution < -0.4 is 10.1 Å². The number of nitrogens with zero attached hydrogens (tertiary/aromatic N) is 1. The molecule has 0 aromatic heterocycles. The number of rotatable bonds is 5. The van der Waals surface area contributed by atoms with Crippen LogP contribution >= 0.6 is 15.9 Å². The molecule has 1 saturated heterocycles. The molecule has 2 heterocycles. The molecule has 21 heavy (non-hydrogen) atoms. The Morgan fingerprint density at radius 3 is 2.90 bits per heavy atom. The minimum Gasteiger partial charge on any atom is -0.488 e. The number of hydrogen-bond donors (Lipinski definition) is 1. The number of piperidine rings is 1. The van der Waals surface area contributed by atoms with Gasteiger partial charge in [-0.25, -0.2) is 0 Å². The van der Waals surface area contributed by atoms with Gasteiger partial charge in [0.25, 0.3) is 0 Å². The van der Waals surface area contributed by atoms with Gasteiger partial charge < -0.3 is 15.0 Å². The highest BCUT2D eigenvalue weighted by Crippen LogP contribution is 2.31. The van der Waals surface area contributed by atoms with Crippen molar-refractivity contribution in [2.75, 3.05) is 26.2 Å². The molecule has 1 aromatic rings. The predicted molar refractivity (Wildman–Crippen MR) is 90.0 cm³/mol. The summed E-state index contributed by atoms with van der Waals surface area (Å²) in [5.41, 5.74) is 1.33. The minimum absolute atomic E-state index is 0.294. The first-order valence-corrected chi connectivity index (χ1v) is 8.94. The summed E-state index contributed by atoms with van der Waals surface area (Å²) in [4.78, 5) is 2.58. The van der Waals surface area contributed by atoms with Crippen LogP contribution in [-0.4, -0.2) is 43.2 Å². The Morgan fingerprint density at radius 1 is 1.33 bits per heavy atom. The fraction of sp³-hybridized carbons (Fsp3) is 0.647. The first-order chi connectivity index (χ1) is 10.2. The van der Waals surface area contributed by atoms with Crippen LogP contribution in [0.3, 0.4) is 0 Å². The van der Waals surface area contributed by atoms with E-state index in [9.17, 15) is 0 Å². The van der Waals surface area contributed by atoms with E-state index in [-0.39, 0.29) is 0 Å². The Balaban J connectivity index is 1.41. The SMILES string of the molecule is CCCN1CCC(NCC2Cc3cc(Br)ccc3O2)CC1. The van der Waals surface area contributed by atoms with Crippen molar-refractivity contribution in [3.63, 3.8) is 0 Å².